The van der Waals surface area contributed by atoms with Crippen LogP contribution in [0, 0.1) is 0 Å². The van der Waals surface area contributed by atoms with Gasteiger partial charge in [0, 0.05) is 23.3 Å². The summed E-state index contributed by atoms with van der Waals surface area (Å²) in [7, 11) is 0. The molecule has 0 bridgehead atoms. The summed E-state index contributed by atoms with van der Waals surface area (Å²) in [6.07, 6.45) is 6.84. The van der Waals surface area contributed by atoms with Gasteiger partial charge in [-0.15, -0.1) is 11.3 Å². The minimum absolute atomic E-state index is 0.0424. The molecule has 2 heterocycles. The molecule has 0 aromatic carbocycles. The molecule has 1 unspecified atom stereocenters. The highest BCUT2D eigenvalue weighted by molar-refractivity contribution is 7.10. The molecule has 1 amide bonds. The minimum Gasteiger partial charge on any atom is -0.346 e. The summed E-state index contributed by atoms with van der Waals surface area (Å²) in [6, 6.07) is 7.69. The lowest BCUT2D eigenvalue weighted by molar-refractivity contribution is -0.117. The third-order valence-electron chi connectivity index (χ3n) is 2.49. The fourth-order valence-electron chi connectivity index (χ4n) is 1.52. The van der Waals surface area contributed by atoms with E-state index in [4.69, 9.17) is 0 Å². The molecule has 0 fully saturated rings. The highest BCUT2D eigenvalue weighted by Crippen LogP contribution is 2.11. The number of hydrogen-bond donors (Lipinski definition) is 1. The first-order valence-corrected chi connectivity index (χ1v) is 6.55. The molecule has 0 aliphatic heterocycles. The average molecular weight is 258 g/mol. The van der Waals surface area contributed by atoms with Gasteiger partial charge in [-0.25, -0.2) is 0 Å². The van der Waals surface area contributed by atoms with Crippen LogP contribution in [0.2, 0.25) is 0 Å². The molecule has 2 rings (SSSR count). The summed E-state index contributed by atoms with van der Waals surface area (Å²) < 4.78 is 0. The van der Waals surface area contributed by atoms with Crippen molar-refractivity contribution in [1.29, 1.82) is 0 Å². The van der Waals surface area contributed by atoms with Crippen LogP contribution in [0.25, 0.3) is 6.08 Å². The summed E-state index contributed by atoms with van der Waals surface area (Å²) in [5, 5.41) is 4.88. The SMILES string of the molecule is CC(NC(=O)/C=C/c1cccs1)c1cccnc1. The lowest BCUT2D eigenvalue weighted by Crippen LogP contribution is -2.24. The number of carbonyl (C=O) groups excluding carboxylic acids is 1. The number of aromatic nitrogens is 1. The molecule has 3 nitrogen and oxygen atoms in total. The Morgan fingerprint density at radius 1 is 1.44 bits per heavy atom. The molecule has 2 aromatic rings. The monoisotopic (exact) mass is 258 g/mol. The maximum absolute atomic E-state index is 11.7. The Labute approximate surface area is 110 Å². The molecule has 0 aliphatic carbocycles. The maximum Gasteiger partial charge on any atom is 0.244 e. The summed E-state index contributed by atoms with van der Waals surface area (Å²) in [5.74, 6) is -0.0975. The van der Waals surface area contributed by atoms with Crippen molar-refractivity contribution in [3.8, 4) is 0 Å². The van der Waals surface area contributed by atoms with Gasteiger partial charge < -0.3 is 5.32 Å². The van der Waals surface area contributed by atoms with Crippen molar-refractivity contribution in [3.05, 3.63) is 58.6 Å². The molecule has 0 spiro atoms. The third-order valence-corrected chi connectivity index (χ3v) is 3.32. The number of nitrogens with zero attached hydrogens (tertiary/aromatic N) is 1. The smallest absolute Gasteiger partial charge is 0.244 e. The van der Waals surface area contributed by atoms with E-state index < -0.39 is 0 Å². The largest absolute Gasteiger partial charge is 0.346 e. The molecule has 1 N–H and O–H groups in total. The van der Waals surface area contributed by atoms with E-state index >= 15 is 0 Å². The molecule has 4 heteroatoms. The van der Waals surface area contributed by atoms with Gasteiger partial charge in [0.1, 0.15) is 0 Å². The second-order valence-corrected chi connectivity index (χ2v) is 4.84. The van der Waals surface area contributed by atoms with E-state index in [1.165, 1.54) is 0 Å². The van der Waals surface area contributed by atoms with E-state index in [1.54, 1.807) is 29.8 Å². The van der Waals surface area contributed by atoms with Gasteiger partial charge >= 0.3 is 0 Å². The van der Waals surface area contributed by atoms with Crippen LogP contribution in [-0.2, 0) is 4.79 Å². The van der Waals surface area contributed by atoms with Crippen molar-refractivity contribution in [2.24, 2.45) is 0 Å². The molecule has 0 saturated heterocycles. The van der Waals surface area contributed by atoms with Crippen molar-refractivity contribution >= 4 is 23.3 Å². The number of carbonyl (C=O) groups is 1. The van der Waals surface area contributed by atoms with Gasteiger partial charge in [-0.2, -0.15) is 0 Å². The van der Waals surface area contributed by atoms with Gasteiger partial charge in [-0.3, -0.25) is 9.78 Å². The minimum atomic E-state index is -0.0975. The second kappa shape index (κ2) is 6.12. The quantitative estimate of drug-likeness (QED) is 0.856. The fourth-order valence-corrected chi connectivity index (χ4v) is 2.14. The molecule has 1 atom stereocenters. The van der Waals surface area contributed by atoms with E-state index in [-0.39, 0.29) is 11.9 Å². The molecule has 2 aromatic heterocycles. The van der Waals surface area contributed by atoms with E-state index in [2.05, 4.69) is 10.3 Å². The predicted molar refractivity (Wildman–Crippen MR) is 74.1 cm³/mol. The number of hydrogen-bond acceptors (Lipinski definition) is 3. The average Bonchev–Trinajstić information content (AvgIpc) is 2.90. The van der Waals surface area contributed by atoms with Crippen molar-refractivity contribution in [2.45, 2.75) is 13.0 Å². The number of amides is 1. The van der Waals surface area contributed by atoms with Crippen LogP contribution in [0.15, 0.2) is 48.1 Å². The van der Waals surface area contributed by atoms with E-state index in [0.717, 1.165) is 10.4 Å². The fraction of sp³-hybridized carbons (Fsp3) is 0.143. The molecular weight excluding hydrogens is 244 g/mol. The van der Waals surface area contributed by atoms with Crippen molar-refractivity contribution in [3.63, 3.8) is 0 Å². The van der Waals surface area contributed by atoms with Crippen molar-refractivity contribution in [2.75, 3.05) is 0 Å². The van der Waals surface area contributed by atoms with E-state index in [0.29, 0.717) is 0 Å². The normalized spacial score (nSPS) is 12.5. The standard InChI is InChI=1S/C14H14N2OS/c1-11(12-4-2-8-15-10-12)16-14(17)7-6-13-5-3-9-18-13/h2-11H,1H3,(H,16,17)/b7-6+. The number of nitrogens with one attached hydrogen (secondary N) is 1. The van der Waals surface area contributed by atoms with Gasteiger partial charge in [0.05, 0.1) is 6.04 Å². The number of thiophene rings is 1. The Hall–Kier alpha value is -1.94. The Bertz CT molecular complexity index is 520. The number of pyridine rings is 1. The Balaban J connectivity index is 1.92. The highest BCUT2D eigenvalue weighted by Gasteiger charge is 2.06. The molecular formula is C14H14N2OS. The van der Waals surface area contributed by atoms with Gasteiger partial charge in [-0.05, 0) is 36.1 Å². The van der Waals surface area contributed by atoms with Gasteiger partial charge in [0.2, 0.25) is 5.91 Å². The summed E-state index contributed by atoms with van der Waals surface area (Å²) >= 11 is 1.60. The zero-order chi connectivity index (χ0) is 12.8. The highest BCUT2D eigenvalue weighted by atomic mass is 32.1. The van der Waals surface area contributed by atoms with Crippen LogP contribution in [0.1, 0.15) is 23.4 Å². The summed E-state index contributed by atoms with van der Waals surface area (Å²) in [6.45, 7) is 1.94. The lowest BCUT2D eigenvalue weighted by atomic mass is 10.1. The molecule has 0 radical (unpaired) electrons. The first kappa shape index (κ1) is 12.5. The van der Waals surface area contributed by atoms with Gasteiger partial charge in [0.15, 0.2) is 0 Å². The summed E-state index contributed by atoms with van der Waals surface area (Å²) in [5.41, 5.74) is 0.996. The topological polar surface area (TPSA) is 42.0 Å². The Morgan fingerprint density at radius 2 is 2.33 bits per heavy atom. The third kappa shape index (κ3) is 3.53. The molecule has 0 aliphatic rings. The van der Waals surface area contributed by atoms with Gasteiger partial charge in [0.25, 0.3) is 0 Å². The van der Waals surface area contributed by atoms with Crippen LogP contribution < -0.4 is 5.32 Å². The van der Waals surface area contributed by atoms with Crippen LogP contribution >= 0.6 is 11.3 Å². The van der Waals surface area contributed by atoms with Crippen molar-refractivity contribution < 1.29 is 4.79 Å². The van der Waals surface area contributed by atoms with E-state index in [1.807, 2.05) is 42.6 Å². The zero-order valence-electron chi connectivity index (χ0n) is 10.0. The summed E-state index contributed by atoms with van der Waals surface area (Å²) in [4.78, 5) is 16.8. The van der Waals surface area contributed by atoms with Crippen LogP contribution in [-0.4, -0.2) is 10.9 Å². The van der Waals surface area contributed by atoms with Crippen LogP contribution in [0.5, 0.6) is 0 Å². The molecule has 0 saturated carbocycles. The zero-order valence-corrected chi connectivity index (χ0v) is 10.9. The van der Waals surface area contributed by atoms with Crippen LogP contribution in [0.3, 0.4) is 0 Å². The lowest BCUT2D eigenvalue weighted by Gasteiger charge is -2.11. The molecule has 92 valence electrons. The second-order valence-electron chi connectivity index (χ2n) is 3.87. The Kier molecular flexibility index (Phi) is 4.25. The first-order valence-electron chi connectivity index (χ1n) is 5.68. The predicted octanol–water partition coefficient (Wildman–Crippen LogP) is 3.03. The Morgan fingerprint density at radius 3 is 3.00 bits per heavy atom. The molecule has 18 heavy (non-hydrogen) atoms. The van der Waals surface area contributed by atoms with Gasteiger partial charge in [-0.1, -0.05) is 12.1 Å². The maximum atomic E-state index is 11.7. The van der Waals surface area contributed by atoms with Crippen LogP contribution in [0.4, 0.5) is 0 Å². The number of rotatable bonds is 4. The van der Waals surface area contributed by atoms with Crippen molar-refractivity contribution in [1.82, 2.24) is 10.3 Å². The van der Waals surface area contributed by atoms with E-state index in [9.17, 15) is 4.79 Å². The first-order chi connectivity index (χ1) is 8.75.